The van der Waals surface area contributed by atoms with Gasteiger partial charge in [0.15, 0.2) is 6.10 Å². The van der Waals surface area contributed by atoms with E-state index in [0.717, 1.165) is 109 Å². The number of aliphatic hydroxyl groups excluding tert-OH is 1. The van der Waals surface area contributed by atoms with Crippen molar-refractivity contribution in [3.63, 3.8) is 0 Å². The third-order valence-corrected chi connectivity index (χ3v) is 12.8. The summed E-state index contributed by atoms with van der Waals surface area (Å²) in [7, 11) is 0. The Labute approximate surface area is 445 Å². The van der Waals surface area contributed by atoms with E-state index in [1.807, 2.05) is 0 Å². The van der Waals surface area contributed by atoms with Crippen LogP contribution in [0.4, 0.5) is 0 Å². The Hall–Kier alpha value is -3.70. The first-order valence-electron chi connectivity index (χ1n) is 30.1. The highest BCUT2D eigenvalue weighted by atomic mass is 16.6. The SMILES string of the molecule is CC/C=C\C/C=C\C/C=C\C/C=C\C/C=C\CCCCCCCCCCCCCCCCCCCCCC(=O)OC(CO)COC(=O)CCCCCCCCC/C=C\C/C=C\C/C=C\C/C=C\C/C=C\CC. The van der Waals surface area contributed by atoms with E-state index < -0.39 is 6.10 Å². The molecule has 5 heteroatoms. The number of ether oxygens (including phenoxy) is 2. The highest BCUT2D eigenvalue weighted by Gasteiger charge is 2.16. The van der Waals surface area contributed by atoms with Crippen LogP contribution in [0.3, 0.4) is 0 Å². The molecule has 0 aliphatic heterocycles. The minimum absolute atomic E-state index is 0.0758. The summed E-state index contributed by atoms with van der Waals surface area (Å²) in [6.45, 7) is 3.92. The molecule has 1 N–H and O–H groups in total. The summed E-state index contributed by atoms with van der Waals surface area (Å²) in [5.74, 6) is -0.601. The average molecular weight is 998 g/mol. The van der Waals surface area contributed by atoms with E-state index in [1.165, 1.54) is 135 Å². The molecule has 72 heavy (non-hydrogen) atoms. The van der Waals surface area contributed by atoms with Gasteiger partial charge in [0.2, 0.25) is 0 Å². The maximum Gasteiger partial charge on any atom is 0.306 e. The third-order valence-electron chi connectivity index (χ3n) is 12.8. The molecule has 0 amide bonds. The van der Waals surface area contributed by atoms with Crippen LogP contribution in [0.2, 0.25) is 0 Å². The minimum atomic E-state index is -0.784. The standard InChI is InChI=1S/C67H112O5/c1-3-5-7-9-11-13-15-17-19-21-23-25-27-28-29-30-31-32-33-34-35-36-37-38-40-42-44-46-48-50-52-54-56-58-60-62-67(70)72-65(63-68)64-71-66(69)61-59-57-55-53-51-49-47-45-43-41-39-26-24-22-20-18-16-14-12-10-8-6-4-2/h5-8,11-14,17-20,23-26,28-29,41,43,65,68H,3-4,9-10,15-16,21-22,27,30-40,42,44-64H2,1-2H3/b7-5-,8-6-,13-11-,14-12-,19-17-,20-18-,25-23-,26-24-,29-28-,43-41-. The zero-order valence-corrected chi connectivity index (χ0v) is 46.9. The molecule has 5 nitrogen and oxygen atoms in total. The second kappa shape index (κ2) is 61.6. The van der Waals surface area contributed by atoms with Gasteiger partial charge in [0.1, 0.15) is 6.61 Å². The molecule has 0 saturated heterocycles. The van der Waals surface area contributed by atoms with Crippen LogP contribution in [-0.4, -0.2) is 36.4 Å². The monoisotopic (exact) mass is 997 g/mol. The first-order valence-corrected chi connectivity index (χ1v) is 30.1. The lowest BCUT2D eigenvalue weighted by molar-refractivity contribution is -0.161. The molecular formula is C67H112O5. The van der Waals surface area contributed by atoms with Gasteiger partial charge in [-0.1, -0.05) is 277 Å². The number of carbonyl (C=O) groups excluding carboxylic acids is 2. The largest absolute Gasteiger partial charge is 0.462 e. The van der Waals surface area contributed by atoms with E-state index >= 15 is 0 Å². The van der Waals surface area contributed by atoms with Gasteiger partial charge in [0.25, 0.3) is 0 Å². The lowest BCUT2D eigenvalue weighted by Gasteiger charge is -2.15. The number of aliphatic hydroxyl groups is 1. The van der Waals surface area contributed by atoms with Gasteiger partial charge in [-0.05, 0) is 103 Å². The summed E-state index contributed by atoms with van der Waals surface area (Å²) in [4.78, 5) is 24.6. The fourth-order valence-electron chi connectivity index (χ4n) is 8.32. The Kier molecular flexibility index (Phi) is 58.4. The quantitative estimate of drug-likeness (QED) is 0.0373. The van der Waals surface area contributed by atoms with E-state index in [4.69, 9.17) is 9.47 Å². The molecule has 0 spiro atoms. The van der Waals surface area contributed by atoms with Crippen LogP contribution in [0.5, 0.6) is 0 Å². The molecule has 0 aromatic rings. The molecule has 1 atom stereocenters. The number of unbranched alkanes of at least 4 members (excludes halogenated alkanes) is 26. The van der Waals surface area contributed by atoms with Crippen LogP contribution >= 0.6 is 0 Å². The number of esters is 2. The van der Waals surface area contributed by atoms with E-state index in [0.29, 0.717) is 12.8 Å². The highest BCUT2D eigenvalue weighted by Crippen LogP contribution is 2.16. The first-order chi connectivity index (χ1) is 35.6. The molecular weight excluding hydrogens is 885 g/mol. The Balaban J connectivity index is 3.49. The number of allylic oxidation sites excluding steroid dienone is 20. The van der Waals surface area contributed by atoms with Gasteiger partial charge in [-0.2, -0.15) is 0 Å². The lowest BCUT2D eigenvalue weighted by Crippen LogP contribution is -2.28. The van der Waals surface area contributed by atoms with E-state index in [1.54, 1.807) is 0 Å². The van der Waals surface area contributed by atoms with Crippen molar-refractivity contribution in [3.05, 3.63) is 122 Å². The fraction of sp³-hybridized carbons (Fsp3) is 0.672. The van der Waals surface area contributed by atoms with Crippen molar-refractivity contribution in [1.29, 1.82) is 0 Å². The van der Waals surface area contributed by atoms with Crippen LogP contribution in [0.1, 0.15) is 271 Å². The molecule has 0 heterocycles. The predicted molar refractivity (Wildman–Crippen MR) is 315 cm³/mol. The smallest absolute Gasteiger partial charge is 0.306 e. The van der Waals surface area contributed by atoms with Crippen molar-refractivity contribution in [1.82, 2.24) is 0 Å². The van der Waals surface area contributed by atoms with Gasteiger partial charge in [-0.3, -0.25) is 9.59 Å². The van der Waals surface area contributed by atoms with Crippen LogP contribution in [0, 0.1) is 0 Å². The third kappa shape index (κ3) is 58.9. The summed E-state index contributed by atoms with van der Waals surface area (Å²) in [5, 5.41) is 9.67. The van der Waals surface area contributed by atoms with Crippen molar-refractivity contribution in [2.75, 3.05) is 13.2 Å². The molecule has 0 fully saturated rings. The molecule has 0 saturated carbocycles. The normalized spacial score (nSPS) is 13.1. The second-order valence-corrected chi connectivity index (χ2v) is 19.7. The van der Waals surface area contributed by atoms with E-state index in [9.17, 15) is 14.7 Å². The summed E-state index contributed by atoms with van der Waals surface area (Å²) < 4.78 is 10.7. The molecule has 1 unspecified atom stereocenters. The molecule has 0 aromatic heterocycles. The first kappa shape index (κ1) is 68.3. The average Bonchev–Trinajstić information content (AvgIpc) is 3.38. The molecule has 0 aliphatic rings. The van der Waals surface area contributed by atoms with E-state index in [-0.39, 0.29) is 25.2 Å². The Bertz CT molecular complexity index is 1450. The Morgan fingerprint density at radius 3 is 0.833 bits per heavy atom. The maximum atomic E-state index is 12.3. The molecule has 0 radical (unpaired) electrons. The van der Waals surface area contributed by atoms with Gasteiger partial charge < -0.3 is 14.6 Å². The molecule has 0 rings (SSSR count). The van der Waals surface area contributed by atoms with Crippen molar-refractivity contribution in [3.8, 4) is 0 Å². The summed E-state index contributed by atoms with van der Waals surface area (Å²) in [5.41, 5.74) is 0. The topological polar surface area (TPSA) is 72.8 Å². The summed E-state index contributed by atoms with van der Waals surface area (Å²) >= 11 is 0. The zero-order valence-electron chi connectivity index (χ0n) is 46.9. The van der Waals surface area contributed by atoms with Crippen LogP contribution in [0.25, 0.3) is 0 Å². The summed E-state index contributed by atoms with van der Waals surface area (Å²) in [6.07, 6.45) is 90.4. The van der Waals surface area contributed by atoms with E-state index in [2.05, 4.69) is 135 Å². The highest BCUT2D eigenvalue weighted by molar-refractivity contribution is 5.70. The van der Waals surface area contributed by atoms with Crippen molar-refractivity contribution in [2.24, 2.45) is 0 Å². The van der Waals surface area contributed by atoms with Crippen molar-refractivity contribution in [2.45, 2.75) is 277 Å². The van der Waals surface area contributed by atoms with Crippen LogP contribution in [-0.2, 0) is 19.1 Å². The van der Waals surface area contributed by atoms with Gasteiger partial charge >= 0.3 is 11.9 Å². The van der Waals surface area contributed by atoms with Crippen molar-refractivity contribution < 1.29 is 24.2 Å². The van der Waals surface area contributed by atoms with Crippen LogP contribution in [0.15, 0.2) is 122 Å². The lowest BCUT2D eigenvalue weighted by atomic mass is 10.0. The van der Waals surface area contributed by atoms with Gasteiger partial charge in [0.05, 0.1) is 6.61 Å². The summed E-state index contributed by atoms with van der Waals surface area (Å²) in [6, 6.07) is 0. The Morgan fingerprint density at radius 2 is 0.556 bits per heavy atom. The number of hydrogen-bond donors (Lipinski definition) is 1. The fourth-order valence-corrected chi connectivity index (χ4v) is 8.32. The molecule has 0 bridgehead atoms. The second-order valence-electron chi connectivity index (χ2n) is 19.7. The van der Waals surface area contributed by atoms with Crippen LogP contribution < -0.4 is 0 Å². The molecule has 410 valence electrons. The zero-order chi connectivity index (χ0) is 52.0. The number of rotatable bonds is 54. The molecule has 0 aromatic carbocycles. The minimum Gasteiger partial charge on any atom is -0.462 e. The van der Waals surface area contributed by atoms with Crippen molar-refractivity contribution >= 4 is 11.9 Å². The molecule has 0 aliphatic carbocycles. The Morgan fingerprint density at radius 1 is 0.319 bits per heavy atom. The maximum absolute atomic E-state index is 12.3. The van der Waals surface area contributed by atoms with Gasteiger partial charge in [-0.25, -0.2) is 0 Å². The number of carbonyl (C=O) groups is 2. The van der Waals surface area contributed by atoms with Gasteiger partial charge in [-0.15, -0.1) is 0 Å². The number of hydrogen-bond acceptors (Lipinski definition) is 5. The predicted octanol–water partition coefficient (Wildman–Crippen LogP) is 20.6. The van der Waals surface area contributed by atoms with Gasteiger partial charge in [0, 0.05) is 12.8 Å².